The number of hydrogen-bond acceptors (Lipinski definition) is 2. The Bertz CT molecular complexity index is 775. The van der Waals surface area contributed by atoms with E-state index in [-0.39, 0.29) is 36.5 Å². The third-order valence-corrected chi connectivity index (χ3v) is 4.11. The van der Waals surface area contributed by atoms with Gasteiger partial charge < -0.3 is 15.5 Å². The van der Waals surface area contributed by atoms with E-state index in [0.717, 1.165) is 21.2 Å². The summed E-state index contributed by atoms with van der Waals surface area (Å²) in [6.45, 7) is 8.34. The summed E-state index contributed by atoms with van der Waals surface area (Å²) < 4.78 is 0. The van der Waals surface area contributed by atoms with Gasteiger partial charge in [0.05, 0.1) is 13.1 Å². The lowest BCUT2D eigenvalue weighted by molar-refractivity contribution is -0.862. The van der Waals surface area contributed by atoms with Crippen molar-refractivity contribution in [2.75, 3.05) is 20.1 Å². The molecule has 0 saturated carbocycles. The first-order valence-corrected chi connectivity index (χ1v) is 9.05. The molecule has 0 spiro atoms. The zero-order chi connectivity index (χ0) is 19.3. The predicted molar refractivity (Wildman–Crippen MR) is 105 cm³/mol. The average molecular weight is 356 g/mol. The van der Waals surface area contributed by atoms with Gasteiger partial charge >= 0.3 is 0 Å². The van der Waals surface area contributed by atoms with Crippen LogP contribution in [-0.2, 0) is 9.59 Å². The molecule has 26 heavy (non-hydrogen) atoms. The van der Waals surface area contributed by atoms with Crippen molar-refractivity contribution in [1.29, 1.82) is 0 Å². The number of carbonyl (C=O) groups excluding carboxylic acids is 2. The van der Waals surface area contributed by atoms with Gasteiger partial charge in [-0.2, -0.15) is 0 Å². The number of amides is 2. The zero-order valence-electron chi connectivity index (χ0n) is 16.3. The van der Waals surface area contributed by atoms with Crippen molar-refractivity contribution in [3.63, 3.8) is 0 Å². The Hall–Kier alpha value is -2.40. The highest BCUT2D eigenvalue weighted by Crippen LogP contribution is 2.23. The first kappa shape index (κ1) is 19.9. The summed E-state index contributed by atoms with van der Waals surface area (Å²) in [4.78, 5) is 25.2. The van der Waals surface area contributed by atoms with Crippen LogP contribution in [0.1, 0.15) is 39.3 Å². The van der Waals surface area contributed by atoms with Crippen molar-refractivity contribution in [3.05, 3.63) is 48.0 Å². The Balaban J connectivity index is 1.93. The first-order chi connectivity index (χ1) is 12.2. The third kappa shape index (κ3) is 5.85. The highest BCUT2D eigenvalue weighted by molar-refractivity contribution is 5.87. The second kappa shape index (κ2) is 8.32. The van der Waals surface area contributed by atoms with Gasteiger partial charge in [0.2, 0.25) is 0 Å². The molecule has 3 N–H and O–H groups in total. The largest absolute Gasteiger partial charge is 0.347 e. The molecule has 0 saturated heterocycles. The number of nitrogens with one attached hydrogen (secondary N) is 3. The first-order valence-electron chi connectivity index (χ1n) is 9.05. The number of hydrogen-bond donors (Lipinski definition) is 3. The van der Waals surface area contributed by atoms with E-state index < -0.39 is 0 Å². The molecule has 2 rings (SSSR count). The quantitative estimate of drug-likeness (QED) is 0.734. The fraction of sp³-hybridized carbons (Fsp3) is 0.429. The van der Waals surface area contributed by atoms with Gasteiger partial charge in [0.1, 0.15) is 0 Å². The molecule has 2 aromatic rings. The van der Waals surface area contributed by atoms with Gasteiger partial charge in [-0.05, 0) is 44.0 Å². The molecule has 0 heterocycles. The molecule has 0 aliphatic rings. The zero-order valence-corrected chi connectivity index (χ0v) is 16.3. The van der Waals surface area contributed by atoms with E-state index in [0.29, 0.717) is 0 Å². The topological polar surface area (TPSA) is 62.6 Å². The van der Waals surface area contributed by atoms with Gasteiger partial charge in [-0.1, -0.05) is 42.5 Å². The fourth-order valence-electron chi connectivity index (χ4n) is 3.07. The minimum Gasteiger partial charge on any atom is -0.347 e. The minimum absolute atomic E-state index is 0.0510. The van der Waals surface area contributed by atoms with Crippen molar-refractivity contribution in [2.45, 2.75) is 39.3 Å². The summed E-state index contributed by atoms with van der Waals surface area (Å²) in [6, 6.07) is 14.2. The summed E-state index contributed by atoms with van der Waals surface area (Å²) in [5.41, 5.74) is 0.835. The molecular formula is C21H30N3O2+. The highest BCUT2D eigenvalue weighted by atomic mass is 16.2. The van der Waals surface area contributed by atoms with Gasteiger partial charge in [0.25, 0.3) is 11.8 Å². The van der Waals surface area contributed by atoms with E-state index >= 15 is 0 Å². The summed E-state index contributed by atoms with van der Waals surface area (Å²) in [7, 11) is 1.85. The molecule has 5 nitrogen and oxygen atoms in total. The van der Waals surface area contributed by atoms with Crippen LogP contribution in [0.5, 0.6) is 0 Å². The Morgan fingerprint density at radius 2 is 1.62 bits per heavy atom. The second-order valence-corrected chi connectivity index (χ2v) is 7.97. The van der Waals surface area contributed by atoms with Crippen LogP contribution in [-0.4, -0.2) is 37.5 Å². The maximum absolute atomic E-state index is 12.4. The van der Waals surface area contributed by atoms with E-state index in [2.05, 4.69) is 28.8 Å². The lowest BCUT2D eigenvalue weighted by Gasteiger charge is -2.22. The third-order valence-electron chi connectivity index (χ3n) is 4.11. The molecule has 2 amide bonds. The van der Waals surface area contributed by atoms with Crippen LogP contribution >= 0.6 is 0 Å². The number of carbonyl (C=O) groups is 2. The van der Waals surface area contributed by atoms with Crippen LogP contribution in [0, 0.1) is 0 Å². The number of likely N-dealkylation sites (N-methyl/N-ethyl adjacent to an activating group) is 1. The monoisotopic (exact) mass is 356 g/mol. The van der Waals surface area contributed by atoms with Crippen LogP contribution < -0.4 is 15.5 Å². The normalized spacial score (nSPS) is 13.9. The molecule has 140 valence electrons. The lowest BCUT2D eigenvalue weighted by Crippen LogP contribution is -3.11. The average Bonchev–Trinajstić information content (AvgIpc) is 2.51. The molecule has 0 radical (unpaired) electrons. The van der Waals surface area contributed by atoms with Gasteiger partial charge in [-0.15, -0.1) is 0 Å². The molecule has 0 bridgehead atoms. The standard InChI is InChI=1S/C21H29N3O2/c1-15(17-12-8-10-16-9-6-7-11-18(16)17)22-19(25)13-24(5)14-20(26)23-21(2,3)4/h6-12,15H,13-14H2,1-5H3,(H,22,25)(H,23,26)/p+1/t15-/m0/s1. The van der Waals surface area contributed by atoms with Crippen LogP contribution in [0.2, 0.25) is 0 Å². The molecule has 1 unspecified atom stereocenters. The summed E-state index contributed by atoms with van der Waals surface area (Å²) in [5, 5.41) is 8.27. The molecule has 0 aromatic heterocycles. The molecule has 2 aromatic carbocycles. The van der Waals surface area contributed by atoms with Gasteiger partial charge in [0.15, 0.2) is 13.1 Å². The summed E-state index contributed by atoms with van der Waals surface area (Å²) >= 11 is 0. The molecule has 0 aliphatic carbocycles. The molecular weight excluding hydrogens is 326 g/mol. The molecule has 5 heteroatoms. The maximum atomic E-state index is 12.4. The van der Waals surface area contributed by atoms with Crippen LogP contribution in [0.25, 0.3) is 10.8 Å². The van der Waals surface area contributed by atoms with E-state index in [1.54, 1.807) is 0 Å². The van der Waals surface area contributed by atoms with E-state index in [9.17, 15) is 9.59 Å². The van der Waals surface area contributed by atoms with E-state index in [4.69, 9.17) is 0 Å². The predicted octanol–water partition coefficient (Wildman–Crippen LogP) is 1.45. The summed E-state index contributed by atoms with van der Waals surface area (Å²) in [6.07, 6.45) is 0. The van der Waals surface area contributed by atoms with Crippen molar-refractivity contribution in [2.24, 2.45) is 0 Å². The number of quaternary nitrogens is 1. The lowest BCUT2D eigenvalue weighted by atomic mass is 10.00. The van der Waals surface area contributed by atoms with Crippen molar-refractivity contribution < 1.29 is 14.5 Å². The van der Waals surface area contributed by atoms with Gasteiger partial charge in [0, 0.05) is 5.54 Å². The summed E-state index contributed by atoms with van der Waals surface area (Å²) in [5.74, 6) is -0.114. The Kier molecular flexibility index (Phi) is 6.37. The van der Waals surface area contributed by atoms with Crippen LogP contribution in [0.4, 0.5) is 0 Å². The maximum Gasteiger partial charge on any atom is 0.275 e. The van der Waals surface area contributed by atoms with E-state index in [1.807, 2.05) is 59.0 Å². The van der Waals surface area contributed by atoms with Crippen molar-refractivity contribution in [3.8, 4) is 0 Å². The van der Waals surface area contributed by atoms with Crippen LogP contribution in [0.3, 0.4) is 0 Å². The number of benzene rings is 2. The van der Waals surface area contributed by atoms with Gasteiger partial charge in [-0.3, -0.25) is 9.59 Å². The Morgan fingerprint density at radius 3 is 2.31 bits per heavy atom. The molecule has 0 aliphatic heterocycles. The second-order valence-electron chi connectivity index (χ2n) is 7.97. The minimum atomic E-state index is -0.261. The van der Waals surface area contributed by atoms with Gasteiger partial charge in [-0.25, -0.2) is 0 Å². The highest BCUT2D eigenvalue weighted by Gasteiger charge is 2.20. The Morgan fingerprint density at radius 1 is 1.00 bits per heavy atom. The fourth-order valence-corrected chi connectivity index (χ4v) is 3.07. The number of rotatable bonds is 6. The smallest absolute Gasteiger partial charge is 0.275 e. The Labute approximate surface area is 155 Å². The van der Waals surface area contributed by atoms with E-state index in [1.165, 1.54) is 0 Å². The molecule has 0 fully saturated rings. The SMILES string of the molecule is C[C@H](NC(=O)C[NH+](C)CC(=O)NC(C)(C)C)c1cccc2ccccc12. The van der Waals surface area contributed by atoms with Crippen molar-refractivity contribution >= 4 is 22.6 Å². The molecule has 2 atom stereocenters. The van der Waals surface area contributed by atoms with Crippen molar-refractivity contribution in [1.82, 2.24) is 10.6 Å². The number of fused-ring (bicyclic) bond motifs is 1. The van der Waals surface area contributed by atoms with Crippen LogP contribution in [0.15, 0.2) is 42.5 Å².